The molecule has 0 aromatic carbocycles. The van der Waals surface area contributed by atoms with Crippen molar-refractivity contribution in [1.82, 2.24) is 4.90 Å². The SMILES string of the molecule is CCC(C(=O)N1CCS(=O)(=O)CC1)C(N)=S. The fourth-order valence-electron chi connectivity index (χ4n) is 1.65. The molecule has 0 aromatic rings. The summed E-state index contributed by atoms with van der Waals surface area (Å²) in [5, 5.41) is 0. The van der Waals surface area contributed by atoms with E-state index in [2.05, 4.69) is 0 Å². The predicted octanol–water partition coefficient (Wildman–Crippen LogP) is -0.444. The van der Waals surface area contributed by atoms with Gasteiger partial charge in [0.1, 0.15) is 0 Å². The number of hydrogen-bond donors (Lipinski definition) is 1. The quantitative estimate of drug-likeness (QED) is 0.699. The first-order valence-corrected chi connectivity index (χ1v) is 7.39. The normalized spacial score (nSPS) is 21.4. The third-order valence-corrected chi connectivity index (χ3v) is 4.60. The Bertz CT molecular complexity index is 378. The second-order valence-electron chi connectivity index (χ2n) is 3.84. The van der Waals surface area contributed by atoms with Crippen LogP contribution in [0.1, 0.15) is 13.3 Å². The minimum atomic E-state index is -2.96. The lowest BCUT2D eigenvalue weighted by Crippen LogP contribution is -2.48. The van der Waals surface area contributed by atoms with Gasteiger partial charge in [-0.15, -0.1) is 0 Å². The van der Waals surface area contributed by atoms with Crippen LogP contribution in [0, 0.1) is 5.92 Å². The summed E-state index contributed by atoms with van der Waals surface area (Å²) in [6.07, 6.45) is 0.553. The van der Waals surface area contributed by atoms with Gasteiger partial charge in [-0.3, -0.25) is 4.79 Å². The highest BCUT2D eigenvalue weighted by Gasteiger charge is 2.30. The zero-order chi connectivity index (χ0) is 12.3. The lowest BCUT2D eigenvalue weighted by atomic mass is 10.1. The van der Waals surface area contributed by atoms with Gasteiger partial charge in [0.15, 0.2) is 9.84 Å². The topological polar surface area (TPSA) is 80.5 Å². The molecule has 0 aliphatic carbocycles. The van der Waals surface area contributed by atoms with Gasteiger partial charge in [-0.2, -0.15) is 0 Å². The lowest BCUT2D eigenvalue weighted by molar-refractivity contribution is -0.133. The lowest BCUT2D eigenvalue weighted by Gasteiger charge is -2.29. The van der Waals surface area contributed by atoms with Gasteiger partial charge < -0.3 is 10.6 Å². The molecule has 0 spiro atoms. The molecule has 1 saturated heterocycles. The first-order chi connectivity index (χ1) is 7.37. The molecular weight excluding hydrogens is 248 g/mol. The molecule has 0 bridgehead atoms. The van der Waals surface area contributed by atoms with E-state index in [1.807, 2.05) is 6.92 Å². The first-order valence-electron chi connectivity index (χ1n) is 5.16. The van der Waals surface area contributed by atoms with Crippen LogP contribution in [0.5, 0.6) is 0 Å². The Hall–Kier alpha value is -0.690. The Morgan fingerprint density at radius 2 is 1.94 bits per heavy atom. The molecule has 1 atom stereocenters. The van der Waals surface area contributed by atoms with Crippen LogP contribution in [-0.4, -0.2) is 48.8 Å². The molecule has 7 heteroatoms. The smallest absolute Gasteiger partial charge is 0.232 e. The summed E-state index contributed by atoms with van der Waals surface area (Å²) in [5.41, 5.74) is 5.47. The second kappa shape index (κ2) is 5.09. The standard InChI is InChI=1S/C9H16N2O3S2/c1-2-7(8(10)15)9(12)11-3-5-16(13,14)6-4-11/h7H,2-6H2,1H3,(H2,10,15). The van der Waals surface area contributed by atoms with E-state index < -0.39 is 15.8 Å². The highest BCUT2D eigenvalue weighted by Crippen LogP contribution is 2.12. The fraction of sp³-hybridized carbons (Fsp3) is 0.778. The van der Waals surface area contributed by atoms with Gasteiger partial charge >= 0.3 is 0 Å². The predicted molar refractivity (Wildman–Crippen MR) is 65.8 cm³/mol. The van der Waals surface area contributed by atoms with Crippen LogP contribution in [0.25, 0.3) is 0 Å². The summed E-state index contributed by atoms with van der Waals surface area (Å²) in [6, 6.07) is 0. The van der Waals surface area contributed by atoms with Crippen LogP contribution >= 0.6 is 12.2 Å². The third-order valence-electron chi connectivity index (χ3n) is 2.71. The van der Waals surface area contributed by atoms with Gasteiger partial charge in [0.25, 0.3) is 0 Å². The van der Waals surface area contributed by atoms with E-state index in [1.54, 1.807) is 0 Å². The summed E-state index contributed by atoms with van der Waals surface area (Å²) in [5.74, 6) is -0.542. The summed E-state index contributed by atoms with van der Waals surface area (Å²) in [4.78, 5) is 13.7. The number of sulfone groups is 1. The Labute approximate surface area is 101 Å². The van der Waals surface area contributed by atoms with E-state index in [9.17, 15) is 13.2 Å². The zero-order valence-electron chi connectivity index (χ0n) is 9.18. The number of carbonyl (C=O) groups is 1. The van der Waals surface area contributed by atoms with Crippen LogP contribution in [-0.2, 0) is 14.6 Å². The van der Waals surface area contributed by atoms with Crippen LogP contribution in [0.4, 0.5) is 0 Å². The Balaban J connectivity index is 2.66. The number of rotatable bonds is 3. The summed E-state index contributed by atoms with van der Waals surface area (Å²) >= 11 is 4.82. The number of hydrogen-bond acceptors (Lipinski definition) is 4. The molecule has 2 N–H and O–H groups in total. The van der Waals surface area contributed by atoms with Crippen LogP contribution in [0.2, 0.25) is 0 Å². The van der Waals surface area contributed by atoms with Crippen molar-refractivity contribution in [1.29, 1.82) is 0 Å². The maximum Gasteiger partial charge on any atom is 0.232 e. The number of thiocarbonyl (C=S) groups is 1. The minimum absolute atomic E-state index is 0.0342. The van der Waals surface area contributed by atoms with Gasteiger partial charge in [0, 0.05) is 13.1 Å². The molecule has 1 rings (SSSR count). The molecule has 0 saturated carbocycles. The van der Waals surface area contributed by atoms with Crippen molar-refractivity contribution in [3.05, 3.63) is 0 Å². The van der Waals surface area contributed by atoms with Crippen molar-refractivity contribution in [2.45, 2.75) is 13.3 Å². The molecule has 0 aromatic heterocycles. The maximum atomic E-state index is 11.9. The van der Waals surface area contributed by atoms with E-state index in [4.69, 9.17) is 18.0 Å². The van der Waals surface area contributed by atoms with Gasteiger partial charge in [-0.25, -0.2) is 8.42 Å². The van der Waals surface area contributed by atoms with Crippen LogP contribution < -0.4 is 5.73 Å². The largest absolute Gasteiger partial charge is 0.393 e. The molecule has 1 aliphatic rings. The van der Waals surface area contributed by atoms with Crippen molar-refractivity contribution >= 4 is 33.0 Å². The van der Waals surface area contributed by atoms with Crippen molar-refractivity contribution in [2.75, 3.05) is 24.6 Å². The number of nitrogens with two attached hydrogens (primary N) is 1. The Morgan fingerprint density at radius 1 is 1.44 bits per heavy atom. The molecule has 0 radical (unpaired) electrons. The maximum absolute atomic E-state index is 11.9. The average molecular weight is 264 g/mol. The molecule has 92 valence electrons. The number of carbonyl (C=O) groups excluding carboxylic acids is 1. The van der Waals surface area contributed by atoms with Crippen molar-refractivity contribution in [3.8, 4) is 0 Å². The first kappa shape index (κ1) is 13.4. The zero-order valence-corrected chi connectivity index (χ0v) is 10.8. The van der Waals surface area contributed by atoms with Gasteiger partial charge in [0.2, 0.25) is 5.91 Å². The van der Waals surface area contributed by atoms with Gasteiger partial charge in [-0.05, 0) is 6.42 Å². The van der Waals surface area contributed by atoms with Crippen LogP contribution in [0.15, 0.2) is 0 Å². The van der Waals surface area contributed by atoms with Crippen molar-refractivity contribution < 1.29 is 13.2 Å². The van der Waals surface area contributed by atoms with Gasteiger partial charge in [0.05, 0.1) is 22.4 Å². The van der Waals surface area contributed by atoms with E-state index in [1.165, 1.54) is 4.90 Å². The fourth-order valence-corrected chi connectivity index (χ4v) is 3.12. The molecule has 1 fully saturated rings. The molecule has 5 nitrogen and oxygen atoms in total. The highest BCUT2D eigenvalue weighted by molar-refractivity contribution is 7.91. The molecule has 1 amide bonds. The molecular formula is C9H16N2O3S2. The van der Waals surface area contributed by atoms with Crippen molar-refractivity contribution in [2.24, 2.45) is 11.7 Å². The second-order valence-corrected chi connectivity index (χ2v) is 6.62. The summed E-state index contributed by atoms with van der Waals surface area (Å²) in [7, 11) is -2.96. The monoisotopic (exact) mass is 264 g/mol. The Morgan fingerprint density at radius 3 is 2.31 bits per heavy atom. The van der Waals surface area contributed by atoms with E-state index in [-0.39, 0.29) is 35.5 Å². The molecule has 1 aliphatic heterocycles. The average Bonchev–Trinajstić information content (AvgIpc) is 2.17. The van der Waals surface area contributed by atoms with E-state index >= 15 is 0 Å². The number of amides is 1. The van der Waals surface area contributed by atoms with Crippen LogP contribution in [0.3, 0.4) is 0 Å². The third kappa shape index (κ3) is 3.15. The molecule has 1 heterocycles. The van der Waals surface area contributed by atoms with E-state index in [0.29, 0.717) is 6.42 Å². The summed E-state index contributed by atoms with van der Waals surface area (Å²) in [6.45, 7) is 2.34. The highest BCUT2D eigenvalue weighted by atomic mass is 32.2. The number of nitrogens with zero attached hydrogens (tertiary/aromatic N) is 1. The minimum Gasteiger partial charge on any atom is -0.393 e. The van der Waals surface area contributed by atoms with Gasteiger partial charge in [-0.1, -0.05) is 19.1 Å². The Kier molecular flexibility index (Phi) is 4.26. The van der Waals surface area contributed by atoms with Crippen molar-refractivity contribution in [3.63, 3.8) is 0 Å². The molecule has 16 heavy (non-hydrogen) atoms. The summed E-state index contributed by atoms with van der Waals surface area (Å²) < 4.78 is 22.4. The molecule has 1 unspecified atom stereocenters. The van der Waals surface area contributed by atoms with E-state index in [0.717, 1.165) is 0 Å².